The number of esters is 1. The van der Waals surface area contributed by atoms with Crippen LogP contribution < -0.4 is 0 Å². The predicted octanol–water partition coefficient (Wildman–Crippen LogP) is 5.70. The van der Waals surface area contributed by atoms with Crippen LogP contribution in [0.2, 0.25) is 0 Å². The lowest BCUT2D eigenvalue weighted by Crippen LogP contribution is -1.99. The molecule has 0 aliphatic rings. The first-order chi connectivity index (χ1) is 13.5. The smallest absolute Gasteiger partial charge is 0.335 e. The molecule has 0 aliphatic heterocycles. The monoisotopic (exact) mass is 402 g/mol. The van der Waals surface area contributed by atoms with Crippen LogP contribution in [0, 0.1) is 0 Å². The second kappa shape index (κ2) is 11.0. The van der Waals surface area contributed by atoms with E-state index < -0.39 is 7.60 Å². The van der Waals surface area contributed by atoms with Crippen molar-refractivity contribution in [2.75, 3.05) is 19.8 Å². The number of carbonyl (C=O) groups excluding carboxylic acids is 1. The number of hydrogen-bond donors (Lipinski definition) is 0. The largest absolute Gasteiger partial charge is 0.463 e. The van der Waals surface area contributed by atoms with Crippen molar-refractivity contribution in [3.8, 4) is 11.1 Å². The SMILES string of the molecule is CCOC(=O)C=Cc1ccc(-c2ccc(CP(=O)(OCC)OCC)cc2)cc1. The zero-order chi connectivity index (χ0) is 20.4. The molecule has 0 aliphatic carbocycles. The Kier molecular flexibility index (Phi) is 8.65. The van der Waals surface area contributed by atoms with Crippen LogP contribution in [0.25, 0.3) is 17.2 Å². The van der Waals surface area contributed by atoms with Crippen molar-refractivity contribution in [3.63, 3.8) is 0 Å². The van der Waals surface area contributed by atoms with E-state index >= 15 is 0 Å². The molecule has 0 N–H and O–H groups in total. The number of rotatable bonds is 10. The summed E-state index contributed by atoms with van der Waals surface area (Å²) in [6.07, 6.45) is 3.40. The van der Waals surface area contributed by atoms with Crippen molar-refractivity contribution in [1.29, 1.82) is 0 Å². The van der Waals surface area contributed by atoms with Crippen LogP contribution in [0.15, 0.2) is 54.6 Å². The van der Waals surface area contributed by atoms with Gasteiger partial charge in [-0.25, -0.2) is 4.79 Å². The molecule has 6 heteroatoms. The molecule has 0 saturated heterocycles. The van der Waals surface area contributed by atoms with Crippen molar-refractivity contribution in [1.82, 2.24) is 0 Å². The number of ether oxygens (including phenoxy) is 1. The maximum atomic E-state index is 12.6. The van der Waals surface area contributed by atoms with E-state index in [1.807, 2.05) is 48.5 Å². The maximum absolute atomic E-state index is 12.6. The number of carbonyl (C=O) groups is 1. The fraction of sp³-hybridized carbons (Fsp3) is 0.318. The summed E-state index contributed by atoms with van der Waals surface area (Å²) in [5.41, 5.74) is 3.93. The molecular formula is C22H27O5P. The Morgan fingerprint density at radius 1 is 0.857 bits per heavy atom. The first-order valence-corrected chi connectivity index (χ1v) is 11.1. The van der Waals surface area contributed by atoms with Gasteiger partial charge in [0.1, 0.15) is 0 Å². The molecule has 0 heterocycles. The second-order valence-corrected chi connectivity index (χ2v) is 8.06. The average Bonchev–Trinajstić information content (AvgIpc) is 2.68. The van der Waals surface area contributed by atoms with Gasteiger partial charge in [0.05, 0.1) is 26.0 Å². The summed E-state index contributed by atoms with van der Waals surface area (Å²) in [6, 6.07) is 15.7. The Morgan fingerprint density at radius 3 is 1.89 bits per heavy atom. The van der Waals surface area contributed by atoms with Crippen molar-refractivity contribution < 1.29 is 23.1 Å². The molecule has 0 bridgehead atoms. The number of hydrogen-bond acceptors (Lipinski definition) is 5. The van der Waals surface area contributed by atoms with Crippen molar-refractivity contribution in [3.05, 3.63) is 65.7 Å². The lowest BCUT2D eigenvalue weighted by atomic mass is 10.0. The molecule has 2 aromatic carbocycles. The van der Waals surface area contributed by atoms with Crippen LogP contribution in [0.4, 0.5) is 0 Å². The lowest BCUT2D eigenvalue weighted by Gasteiger charge is -2.17. The van der Waals surface area contributed by atoms with Gasteiger partial charge in [-0.05, 0) is 49.1 Å². The zero-order valence-corrected chi connectivity index (χ0v) is 17.5. The minimum absolute atomic E-state index is 0.257. The van der Waals surface area contributed by atoms with Gasteiger partial charge in [-0.15, -0.1) is 0 Å². The fourth-order valence-electron chi connectivity index (χ4n) is 2.69. The van der Waals surface area contributed by atoms with Crippen LogP contribution in [0.3, 0.4) is 0 Å². The van der Waals surface area contributed by atoms with Crippen LogP contribution >= 0.6 is 7.60 Å². The molecule has 5 nitrogen and oxygen atoms in total. The van der Waals surface area contributed by atoms with E-state index in [9.17, 15) is 9.36 Å². The molecule has 0 radical (unpaired) electrons. The van der Waals surface area contributed by atoms with Crippen molar-refractivity contribution in [2.45, 2.75) is 26.9 Å². The topological polar surface area (TPSA) is 61.8 Å². The summed E-state index contributed by atoms with van der Waals surface area (Å²) < 4.78 is 28.2. The summed E-state index contributed by atoms with van der Waals surface area (Å²) in [5, 5.41) is 0. The third-order valence-electron chi connectivity index (χ3n) is 3.92. The standard InChI is InChI=1S/C22H27O5P/c1-4-25-22(23)16-11-18-7-12-20(13-8-18)21-14-9-19(10-15-21)17-28(24,26-5-2)27-6-3/h7-16H,4-6,17H2,1-3H3. The van der Waals surface area contributed by atoms with Crippen LogP contribution in [-0.4, -0.2) is 25.8 Å². The first-order valence-electron chi connectivity index (χ1n) is 9.42. The third-order valence-corrected chi connectivity index (χ3v) is 5.98. The highest BCUT2D eigenvalue weighted by Crippen LogP contribution is 2.51. The molecule has 0 spiro atoms. The molecule has 2 rings (SSSR count). The summed E-state index contributed by atoms with van der Waals surface area (Å²) in [7, 11) is -3.10. The quantitative estimate of drug-likeness (QED) is 0.290. The van der Waals surface area contributed by atoms with Gasteiger partial charge in [-0.2, -0.15) is 0 Å². The second-order valence-electron chi connectivity index (χ2n) is 6.01. The summed E-state index contributed by atoms with van der Waals surface area (Å²) >= 11 is 0. The highest BCUT2D eigenvalue weighted by molar-refractivity contribution is 7.53. The Balaban J connectivity index is 2.06. The number of benzene rings is 2. The molecule has 0 aromatic heterocycles. The summed E-state index contributed by atoms with van der Waals surface area (Å²) in [5.74, 6) is -0.349. The van der Waals surface area contributed by atoms with E-state index in [2.05, 4.69) is 0 Å². The minimum Gasteiger partial charge on any atom is -0.463 e. The molecule has 0 unspecified atom stereocenters. The summed E-state index contributed by atoms with van der Waals surface area (Å²) in [6.45, 7) is 6.46. The molecular weight excluding hydrogens is 375 g/mol. The Morgan fingerprint density at radius 2 is 1.39 bits per heavy atom. The predicted molar refractivity (Wildman–Crippen MR) is 112 cm³/mol. The van der Waals surface area contributed by atoms with Gasteiger partial charge in [0.25, 0.3) is 0 Å². The van der Waals surface area contributed by atoms with Crippen molar-refractivity contribution in [2.24, 2.45) is 0 Å². The first kappa shape index (κ1) is 22.1. The van der Waals surface area contributed by atoms with Gasteiger partial charge >= 0.3 is 13.6 Å². The molecule has 0 amide bonds. The highest BCUT2D eigenvalue weighted by Gasteiger charge is 2.23. The van der Waals surface area contributed by atoms with E-state index in [-0.39, 0.29) is 12.1 Å². The van der Waals surface area contributed by atoms with Gasteiger partial charge in [-0.3, -0.25) is 4.57 Å². The molecule has 0 atom stereocenters. The van der Waals surface area contributed by atoms with Gasteiger partial charge < -0.3 is 13.8 Å². The van der Waals surface area contributed by atoms with E-state index in [0.29, 0.717) is 19.8 Å². The highest BCUT2D eigenvalue weighted by atomic mass is 31.2. The van der Waals surface area contributed by atoms with Gasteiger partial charge in [0.2, 0.25) is 0 Å². The Hall–Kier alpha value is -2.20. The van der Waals surface area contributed by atoms with E-state index in [4.69, 9.17) is 13.8 Å². The Labute approximate surface area is 166 Å². The van der Waals surface area contributed by atoms with Gasteiger partial charge in [0.15, 0.2) is 0 Å². The molecule has 2 aromatic rings. The maximum Gasteiger partial charge on any atom is 0.335 e. The van der Waals surface area contributed by atoms with Crippen molar-refractivity contribution >= 4 is 19.6 Å². The summed E-state index contributed by atoms with van der Waals surface area (Å²) in [4.78, 5) is 11.4. The average molecular weight is 402 g/mol. The van der Waals surface area contributed by atoms with Crippen LogP contribution in [0.5, 0.6) is 0 Å². The Bertz CT molecular complexity index is 815. The van der Waals surface area contributed by atoms with Crippen LogP contribution in [-0.2, 0) is 29.3 Å². The third kappa shape index (κ3) is 6.75. The van der Waals surface area contributed by atoms with Gasteiger partial charge in [0, 0.05) is 6.08 Å². The van der Waals surface area contributed by atoms with Crippen LogP contribution in [0.1, 0.15) is 31.9 Å². The van der Waals surface area contributed by atoms with E-state index in [1.54, 1.807) is 26.8 Å². The van der Waals surface area contributed by atoms with Gasteiger partial charge in [-0.1, -0.05) is 48.5 Å². The molecule has 150 valence electrons. The molecule has 0 saturated carbocycles. The lowest BCUT2D eigenvalue weighted by molar-refractivity contribution is -0.137. The molecule has 0 fully saturated rings. The molecule has 28 heavy (non-hydrogen) atoms. The normalized spacial score (nSPS) is 11.7. The van der Waals surface area contributed by atoms with E-state index in [0.717, 1.165) is 22.3 Å². The fourth-order valence-corrected chi connectivity index (χ4v) is 4.39. The zero-order valence-electron chi connectivity index (χ0n) is 16.6. The van der Waals surface area contributed by atoms with E-state index in [1.165, 1.54) is 6.08 Å². The minimum atomic E-state index is -3.10.